The van der Waals surface area contributed by atoms with Crippen molar-refractivity contribution >= 4 is 17.1 Å². The Hall–Kier alpha value is -3.22. The maximum Gasteiger partial charge on any atom is 0.317 e. The number of rotatable bonds is 6. The van der Waals surface area contributed by atoms with Crippen molar-refractivity contribution in [3.63, 3.8) is 0 Å². The van der Waals surface area contributed by atoms with Crippen LogP contribution in [-0.2, 0) is 6.54 Å². The third-order valence-electron chi connectivity index (χ3n) is 5.77. The summed E-state index contributed by atoms with van der Waals surface area (Å²) in [5.41, 5.74) is 3.05. The molecular formula is C23H28N4O3. The summed E-state index contributed by atoms with van der Waals surface area (Å²) in [6.07, 6.45) is 1.87. The maximum atomic E-state index is 13.0. The van der Waals surface area contributed by atoms with Gasteiger partial charge in [0.15, 0.2) is 0 Å². The third-order valence-corrected chi connectivity index (χ3v) is 5.77. The molecule has 30 heavy (non-hydrogen) atoms. The topological polar surface area (TPSA) is 68.6 Å². The molecule has 1 unspecified atom stereocenters. The first-order chi connectivity index (χ1) is 14.6. The van der Waals surface area contributed by atoms with E-state index in [1.807, 2.05) is 48.2 Å². The standard InChI is InChI=1S/C23H28N4O3/c1-16-25-19-7-4-5-8-21(19)26(16)14-12-24-23(28)27-13-6-9-20(27)18-15-17(29-2)10-11-22(18)30-3/h4-5,7-8,10-11,15,20H,6,9,12-14H2,1-3H3,(H,24,28). The summed E-state index contributed by atoms with van der Waals surface area (Å²) < 4.78 is 13.1. The zero-order valence-electron chi connectivity index (χ0n) is 17.7. The van der Waals surface area contributed by atoms with E-state index in [0.717, 1.165) is 53.3 Å². The van der Waals surface area contributed by atoms with Gasteiger partial charge in [0, 0.05) is 25.2 Å². The second-order valence-corrected chi connectivity index (χ2v) is 7.49. The van der Waals surface area contributed by atoms with Crippen molar-refractivity contribution in [2.75, 3.05) is 27.3 Å². The summed E-state index contributed by atoms with van der Waals surface area (Å²) in [5.74, 6) is 2.49. The molecule has 1 atom stereocenters. The molecule has 2 amide bonds. The van der Waals surface area contributed by atoms with Crippen molar-refractivity contribution in [1.82, 2.24) is 19.8 Å². The summed E-state index contributed by atoms with van der Waals surface area (Å²) in [6, 6.07) is 13.7. The van der Waals surface area contributed by atoms with Gasteiger partial charge in [-0.3, -0.25) is 0 Å². The number of likely N-dealkylation sites (tertiary alicyclic amines) is 1. The number of imidazole rings is 1. The van der Waals surface area contributed by atoms with Gasteiger partial charge in [-0.05, 0) is 50.1 Å². The van der Waals surface area contributed by atoms with E-state index in [-0.39, 0.29) is 12.1 Å². The van der Waals surface area contributed by atoms with Crippen molar-refractivity contribution in [3.05, 3.63) is 53.9 Å². The van der Waals surface area contributed by atoms with E-state index in [0.29, 0.717) is 13.1 Å². The second kappa shape index (κ2) is 8.65. The summed E-state index contributed by atoms with van der Waals surface area (Å²) in [7, 11) is 3.30. The molecule has 1 aromatic heterocycles. The van der Waals surface area contributed by atoms with Gasteiger partial charge in [0.05, 0.1) is 31.3 Å². The number of hydrogen-bond acceptors (Lipinski definition) is 4. The molecule has 1 fully saturated rings. The van der Waals surface area contributed by atoms with Crippen molar-refractivity contribution in [1.29, 1.82) is 0 Å². The van der Waals surface area contributed by atoms with Gasteiger partial charge in [-0.2, -0.15) is 0 Å². The summed E-state index contributed by atoms with van der Waals surface area (Å²) in [6.45, 7) is 3.94. The molecule has 1 saturated heterocycles. The SMILES string of the molecule is COc1ccc(OC)c(C2CCCN2C(=O)NCCn2c(C)nc3ccccc32)c1. The molecule has 0 spiro atoms. The lowest BCUT2D eigenvalue weighted by atomic mass is 10.0. The number of ether oxygens (including phenoxy) is 2. The Labute approximate surface area is 176 Å². The fraction of sp³-hybridized carbons (Fsp3) is 0.391. The number of fused-ring (bicyclic) bond motifs is 1. The molecule has 0 radical (unpaired) electrons. The summed E-state index contributed by atoms with van der Waals surface area (Å²) in [4.78, 5) is 19.5. The number of urea groups is 1. The zero-order chi connectivity index (χ0) is 21.1. The highest BCUT2D eigenvalue weighted by atomic mass is 16.5. The molecule has 158 valence electrons. The predicted molar refractivity (Wildman–Crippen MR) is 116 cm³/mol. The lowest BCUT2D eigenvalue weighted by molar-refractivity contribution is 0.191. The van der Waals surface area contributed by atoms with E-state index in [1.165, 1.54) is 0 Å². The van der Waals surface area contributed by atoms with Gasteiger partial charge in [-0.1, -0.05) is 12.1 Å². The van der Waals surface area contributed by atoms with Crippen LogP contribution < -0.4 is 14.8 Å². The Bertz CT molecular complexity index is 1050. The number of nitrogens with one attached hydrogen (secondary N) is 1. The van der Waals surface area contributed by atoms with Crippen LogP contribution in [0, 0.1) is 6.92 Å². The number of carbonyl (C=O) groups excluding carboxylic acids is 1. The van der Waals surface area contributed by atoms with Gasteiger partial charge in [-0.15, -0.1) is 0 Å². The first-order valence-corrected chi connectivity index (χ1v) is 10.3. The van der Waals surface area contributed by atoms with Crippen LogP contribution in [-0.4, -0.2) is 47.8 Å². The van der Waals surface area contributed by atoms with Crippen LogP contribution in [0.5, 0.6) is 11.5 Å². The molecule has 3 aromatic rings. The molecule has 7 heteroatoms. The first kappa shape index (κ1) is 20.1. The highest BCUT2D eigenvalue weighted by Gasteiger charge is 2.32. The number of benzene rings is 2. The minimum absolute atomic E-state index is 0.0224. The minimum atomic E-state index is -0.0514. The Balaban J connectivity index is 1.45. The maximum absolute atomic E-state index is 13.0. The summed E-state index contributed by atoms with van der Waals surface area (Å²) in [5, 5.41) is 3.09. The van der Waals surface area contributed by atoms with Gasteiger partial charge in [0.1, 0.15) is 17.3 Å². The molecule has 4 rings (SSSR count). The summed E-state index contributed by atoms with van der Waals surface area (Å²) >= 11 is 0. The molecule has 2 aromatic carbocycles. The predicted octanol–water partition coefficient (Wildman–Crippen LogP) is 3.91. The zero-order valence-corrected chi connectivity index (χ0v) is 17.7. The van der Waals surface area contributed by atoms with Crippen LogP contribution in [0.4, 0.5) is 4.79 Å². The number of carbonyl (C=O) groups is 1. The largest absolute Gasteiger partial charge is 0.497 e. The molecule has 1 aliphatic heterocycles. The van der Waals surface area contributed by atoms with Crippen LogP contribution >= 0.6 is 0 Å². The Morgan fingerprint density at radius 3 is 2.83 bits per heavy atom. The molecule has 7 nitrogen and oxygen atoms in total. The average Bonchev–Trinajstić information content (AvgIpc) is 3.38. The number of methoxy groups -OCH3 is 2. The first-order valence-electron chi connectivity index (χ1n) is 10.3. The van der Waals surface area contributed by atoms with Crippen molar-refractivity contribution < 1.29 is 14.3 Å². The van der Waals surface area contributed by atoms with E-state index >= 15 is 0 Å². The molecule has 2 heterocycles. The fourth-order valence-corrected chi connectivity index (χ4v) is 4.29. The molecule has 0 saturated carbocycles. The molecule has 0 aliphatic carbocycles. The number of aromatic nitrogens is 2. The molecule has 0 bridgehead atoms. The van der Waals surface area contributed by atoms with Crippen LogP contribution in [0.3, 0.4) is 0 Å². The monoisotopic (exact) mass is 408 g/mol. The quantitative estimate of drug-likeness (QED) is 0.672. The van der Waals surface area contributed by atoms with Crippen LogP contribution in [0.15, 0.2) is 42.5 Å². The van der Waals surface area contributed by atoms with E-state index in [9.17, 15) is 4.79 Å². The minimum Gasteiger partial charge on any atom is -0.497 e. The van der Waals surface area contributed by atoms with E-state index in [2.05, 4.69) is 20.9 Å². The van der Waals surface area contributed by atoms with Crippen molar-refractivity contribution in [2.45, 2.75) is 32.4 Å². The lowest BCUT2D eigenvalue weighted by Crippen LogP contribution is -2.40. The Kier molecular flexibility index (Phi) is 5.79. The number of hydrogen-bond donors (Lipinski definition) is 1. The van der Waals surface area contributed by atoms with Crippen molar-refractivity contribution in [3.8, 4) is 11.5 Å². The Morgan fingerprint density at radius 2 is 2.03 bits per heavy atom. The van der Waals surface area contributed by atoms with E-state index < -0.39 is 0 Å². The fourth-order valence-electron chi connectivity index (χ4n) is 4.29. The molecule has 1 aliphatic rings. The second-order valence-electron chi connectivity index (χ2n) is 7.49. The van der Waals surface area contributed by atoms with Crippen LogP contribution in [0.25, 0.3) is 11.0 Å². The van der Waals surface area contributed by atoms with Gasteiger partial charge < -0.3 is 24.3 Å². The van der Waals surface area contributed by atoms with Gasteiger partial charge in [0.25, 0.3) is 0 Å². The average molecular weight is 409 g/mol. The van der Waals surface area contributed by atoms with Crippen LogP contribution in [0.1, 0.15) is 30.3 Å². The van der Waals surface area contributed by atoms with Gasteiger partial charge in [0.2, 0.25) is 0 Å². The number of aryl methyl sites for hydroxylation is 1. The number of nitrogens with zero attached hydrogens (tertiary/aromatic N) is 3. The van der Waals surface area contributed by atoms with E-state index in [1.54, 1.807) is 14.2 Å². The highest BCUT2D eigenvalue weighted by molar-refractivity contribution is 5.76. The van der Waals surface area contributed by atoms with Gasteiger partial charge >= 0.3 is 6.03 Å². The molecular weight excluding hydrogens is 380 g/mol. The normalized spacial score (nSPS) is 16.1. The lowest BCUT2D eigenvalue weighted by Gasteiger charge is -2.27. The third kappa shape index (κ3) is 3.79. The number of para-hydroxylation sites is 2. The number of amides is 2. The Morgan fingerprint density at radius 1 is 1.20 bits per heavy atom. The molecule has 1 N–H and O–H groups in total. The smallest absolute Gasteiger partial charge is 0.317 e. The van der Waals surface area contributed by atoms with Crippen LogP contribution in [0.2, 0.25) is 0 Å². The highest BCUT2D eigenvalue weighted by Crippen LogP contribution is 2.38. The van der Waals surface area contributed by atoms with Gasteiger partial charge in [-0.25, -0.2) is 9.78 Å². The van der Waals surface area contributed by atoms with Crippen molar-refractivity contribution in [2.24, 2.45) is 0 Å². The van der Waals surface area contributed by atoms with E-state index in [4.69, 9.17) is 9.47 Å².